The number of halogens is 4. The maximum absolute atomic E-state index is 13.9. The second-order valence-electron chi connectivity index (χ2n) is 9.86. The fourth-order valence-corrected chi connectivity index (χ4v) is 5.40. The van der Waals surface area contributed by atoms with E-state index in [1.165, 1.54) is 36.5 Å². The second-order valence-corrected chi connectivity index (χ2v) is 10.7. The summed E-state index contributed by atoms with van der Waals surface area (Å²) in [6, 6.07) is 15.5. The molecule has 212 valence electrons. The number of nitriles is 1. The number of anilines is 3. The molecule has 1 aliphatic heterocycles. The minimum atomic E-state index is -0.558. The average Bonchev–Trinajstić information content (AvgIpc) is 3.49. The Hall–Kier alpha value is -4.30. The molecule has 0 aliphatic carbocycles. The summed E-state index contributed by atoms with van der Waals surface area (Å²) in [6.45, 7) is 1.32. The highest BCUT2D eigenvalue weighted by atomic mass is 35.5. The van der Waals surface area contributed by atoms with Crippen molar-refractivity contribution in [2.24, 2.45) is 0 Å². The Morgan fingerprint density at radius 3 is 2.57 bits per heavy atom. The van der Waals surface area contributed by atoms with Gasteiger partial charge in [0.05, 0.1) is 45.8 Å². The summed E-state index contributed by atoms with van der Waals surface area (Å²) in [5.74, 6) is -0.920. The number of benzene rings is 3. The minimum absolute atomic E-state index is 0.0619. The van der Waals surface area contributed by atoms with Gasteiger partial charge >= 0.3 is 0 Å². The first kappa shape index (κ1) is 27.8. The van der Waals surface area contributed by atoms with E-state index in [2.05, 4.69) is 32.0 Å². The SMILES string of the molecule is N#Cc1cnc2c(NC(c3ccc(F)cc3)c3cn(C4CCOCC4)nn3)cc(Cl)cc2c1Nc1ccc(F)c(Cl)c1. The molecule has 1 unspecified atom stereocenters. The molecule has 1 atom stereocenters. The Bertz CT molecular complexity index is 1800. The van der Waals surface area contributed by atoms with Gasteiger partial charge in [0, 0.05) is 35.5 Å². The summed E-state index contributed by atoms with van der Waals surface area (Å²) < 4.78 is 35.0. The lowest BCUT2D eigenvalue weighted by Gasteiger charge is -2.22. The zero-order chi connectivity index (χ0) is 29.2. The Kier molecular flexibility index (Phi) is 7.89. The van der Waals surface area contributed by atoms with Crippen LogP contribution in [-0.2, 0) is 4.74 Å². The van der Waals surface area contributed by atoms with Gasteiger partial charge in [-0.2, -0.15) is 5.26 Å². The van der Waals surface area contributed by atoms with Gasteiger partial charge < -0.3 is 15.4 Å². The van der Waals surface area contributed by atoms with Crippen molar-refractivity contribution in [1.82, 2.24) is 20.0 Å². The van der Waals surface area contributed by atoms with E-state index in [9.17, 15) is 14.0 Å². The fourth-order valence-electron chi connectivity index (χ4n) is 5.00. The molecule has 5 aromatic rings. The van der Waals surface area contributed by atoms with Crippen molar-refractivity contribution in [2.45, 2.75) is 24.9 Å². The van der Waals surface area contributed by atoms with Crippen molar-refractivity contribution in [3.05, 3.63) is 105 Å². The van der Waals surface area contributed by atoms with E-state index < -0.39 is 11.9 Å². The van der Waals surface area contributed by atoms with Crippen LogP contribution in [0.15, 0.2) is 67.0 Å². The molecule has 8 nitrogen and oxygen atoms in total. The van der Waals surface area contributed by atoms with Crippen LogP contribution in [0.2, 0.25) is 10.0 Å². The number of nitrogens with one attached hydrogen (secondary N) is 2. The third kappa shape index (κ3) is 5.72. The third-order valence-electron chi connectivity index (χ3n) is 7.14. The van der Waals surface area contributed by atoms with Gasteiger partial charge in [-0.15, -0.1) is 5.10 Å². The molecule has 0 saturated carbocycles. The van der Waals surface area contributed by atoms with Crippen molar-refractivity contribution in [2.75, 3.05) is 23.8 Å². The Balaban J connectivity index is 1.43. The summed E-state index contributed by atoms with van der Waals surface area (Å²) in [5.41, 5.74) is 3.60. The number of fused-ring (bicyclic) bond motifs is 1. The molecule has 2 N–H and O–H groups in total. The summed E-state index contributed by atoms with van der Waals surface area (Å²) in [4.78, 5) is 4.58. The number of hydrogen-bond donors (Lipinski definition) is 2. The number of hydrogen-bond acceptors (Lipinski definition) is 7. The van der Waals surface area contributed by atoms with Crippen LogP contribution in [-0.4, -0.2) is 33.2 Å². The van der Waals surface area contributed by atoms with Gasteiger partial charge in [-0.25, -0.2) is 13.5 Å². The molecule has 0 bridgehead atoms. The molecule has 0 radical (unpaired) electrons. The first-order chi connectivity index (χ1) is 20.4. The predicted molar refractivity (Wildman–Crippen MR) is 157 cm³/mol. The Labute approximate surface area is 249 Å². The van der Waals surface area contributed by atoms with Gasteiger partial charge in [-0.1, -0.05) is 40.5 Å². The lowest BCUT2D eigenvalue weighted by Crippen LogP contribution is -2.20. The van der Waals surface area contributed by atoms with E-state index in [4.69, 9.17) is 27.9 Å². The summed E-state index contributed by atoms with van der Waals surface area (Å²) >= 11 is 12.6. The average molecular weight is 606 g/mol. The van der Waals surface area contributed by atoms with Crippen molar-refractivity contribution in [3.63, 3.8) is 0 Å². The molecule has 1 fully saturated rings. The third-order valence-corrected chi connectivity index (χ3v) is 7.65. The van der Waals surface area contributed by atoms with Gasteiger partial charge in [0.2, 0.25) is 0 Å². The highest BCUT2D eigenvalue weighted by Crippen LogP contribution is 2.38. The molecule has 3 aromatic carbocycles. The van der Waals surface area contributed by atoms with Crippen LogP contribution in [0, 0.1) is 23.0 Å². The quantitative estimate of drug-likeness (QED) is 0.197. The van der Waals surface area contributed by atoms with Gasteiger partial charge in [0.25, 0.3) is 0 Å². The number of aromatic nitrogens is 4. The van der Waals surface area contributed by atoms with Crippen molar-refractivity contribution in [3.8, 4) is 6.07 Å². The second kappa shape index (κ2) is 11.9. The van der Waals surface area contributed by atoms with Crippen LogP contribution in [0.5, 0.6) is 0 Å². The van der Waals surface area contributed by atoms with Gasteiger partial charge in [0.15, 0.2) is 0 Å². The van der Waals surface area contributed by atoms with E-state index in [1.807, 2.05) is 10.9 Å². The van der Waals surface area contributed by atoms with Gasteiger partial charge in [-0.05, 0) is 60.9 Å². The summed E-state index contributed by atoms with van der Waals surface area (Å²) in [7, 11) is 0. The van der Waals surface area contributed by atoms with E-state index in [1.54, 1.807) is 24.3 Å². The monoisotopic (exact) mass is 605 g/mol. The van der Waals surface area contributed by atoms with Crippen LogP contribution in [0.4, 0.5) is 25.8 Å². The van der Waals surface area contributed by atoms with Crippen LogP contribution in [0.25, 0.3) is 10.9 Å². The lowest BCUT2D eigenvalue weighted by molar-refractivity contribution is 0.0657. The molecule has 2 aromatic heterocycles. The Morgan fingerprint density at radius 1 is 1.05 bits per heavy atom. The molecule has 42 heavy (non-hydrogen) atoms. The molecule has 3 heterocycles. The number of rotatable bonds is 7. The molecule has 6 rings (SSSR count). The highest BCUT2D eigenvalue weighted by molar-refractivity contribution is 6.32. The normalized spacial score (nSPS) is 14.5. The molecular weight excluding hydrogens is 583 g/mol. The largest absolute Gasteiger partial charge is 0.381 e. The molecule has 1 saturated heterocycles. The highest BCUT2D eigenvalue weighted by Gasteiger charge is 2.24. The number of nitrogens with zero attached hydrogens (tertiary/aromatic N) is 5. The van der Waals surface area contributed by atoms with Crippen molar-refractivity contribution >= 4 is 51.2 Å². The number of pyridine rings is 1. The van der Waals surface area contributed by atoms with Gasteiger partial charge in [-0.3, -0.25) is 4.98 Å². The van der Waals surface area contributed by atoms with Crippen LogP contribution in [0.1, 0.15) is 41.7 Å². The minimum Gasteiger partial charge on any atom is -0.381 e. The van der Waals surface area contributed by atoms with Crippen molar-refractivity contribution < 1.29 is 13.5 Å². The maximum atomic E-state index is 13.9. The van der Waals surface area contributed by atoms with Crippen molar-refractivity contribution in [1.29, 1.82) is 5.26 Å². The lowest BCUT2D eigenvalue weighted by atomic mass is 10.0. The van der Waals surface area contributed by atoms with Gasteiger partial charge in [0.1, 0.15) is 23.4 Å². The molecule has 12 heteroatoms. The maximum Gasteiger partial charge on any atom is 0.141 e. The smallest absolute Gasteiger partial charge is 0.141 e. The first-order valence-corrected chi connectivity index (χ1v) is 13.9. The van der Waals surface area contributed by atoms with E-state index in [0.717, 1.165) is 18.4 Å². The molecule has 0 spiro atoms. The molecule has 1 aliphatic rings. The summed E-state index contributed by atoms with van der Waals surface area (Å²) in [6.07, 6.45) is 4.99. The zero-order valence-corrected chi connectivity index (χ0v) is 23.5. The molecular formula is C30H23Cl2F2N7O. The van der Waals surface area contributed by atoms with Crippen LogP contribution in [0.3, 0.4) is 0 Å². The van der Waals surface area contributed by atoms with Crippen LogP contribution < -0.4 is 10.6 Å². The molecule has 0 amide bonds. The topological polar surface area (TPSA) is 101 Å². The number of ether oxygens (including phenoxy) is 1. The zero-order valence-electron chi connectivity index (χ0n) is 22.0. The van der Waals surface area contributed by atoms with E-state index in [-0.39, 0.29) is 22.4 Å². The van der Waals surface area contributed by atoms with Crippen LogP contribution >= 0.6 is 23.2 Å². The van der Waals surface area contributed by atoms with E-state index >= 15 is 0 Å². The Morgan fingerprint density at radius 2 is 1.83 bits per heavy atom. The van der Waals surface area contributed by atoms with E-state index in [0.29, 0.717) is 51.9 Å². The summed E-state index contributed by atoms with van der Waals surface area (Å²) in [5, 5.41) is 26.2. The standard InChI is InChI=1S/C30H23Cl2F2N7O/c31-19-11-23-28(37-21-5-6-25(34)24(32)13-21)18(14-35)15-36-30(23)26(12-19)38-29(17-1-3-20(33)4-2-17)27-16-41(40-39-27)22-7-9-42-10-8-22/h1-6,11-13,15-16,22,29,38H,7-10H2,(H,36,37). The first-order valence-electron chi connectivity index (χ1n) is 13.2. The fraction of sp³-hybridized carbons (Fsp3) is 0.200. The predicted octanol–water partition coefficient (Wildman–Crippen LogP) is 7.58.